The van der Waals surface area contributed by atoms with E-state index < -0.39 is 0 Å². The number of aromatic nitrogens is 1. The van der Waals surface area contributed by atoms with Gasteiger partial charge in [-0.3, -0.25) is 0 Å². The number of ether oxygens (including phenoxy) is 1. The van der Waals surface area contributed by atoms with E-state index in [1.807, 2.05) is 12.3 Å². The second-order valence-corrected chi connectivity index (χ2v) is 8.84. The van der Waals surface area contributed by atoms with Crippen LogP contribution in [0.2, 0.25) is 0 Å². The van der Waals surface area contributed by atoms with Gasteiger partial charge in [0.25, 0.3) is 0 Å². The van der Waals surface area contributed by atoms with Gasteiger partial charge in [-0.2, -0.15) is 0 Å². The van der Waals surface area contributed by atoms with Gasteiger partial charge in [-0.1, -0.05) is 65.9 Å². The van der Waals surface area contributed by atoms with E-state index in [-0.39, 0.29) is 0 Å². The van der Waals surface area contributed by atoms with Crippen LogP contribution < -0.4 is 4.74 Å². The Morgan fingerprint density at radius 3 is 2.39 bits per heavy atom. The number of benzene rings is 4. The number of hydrogen-bond acceptors (Lipinski definition) is 4. The van der Waals surface area contributed by atoms with E-state index in [0.29, 0.717) is 0 Å². The lowest BCUT2D eigenvalue weighted by atomic mass is 9.93. The lowest BCUT2D eigenvalue weighted by molar-refractivity contribution is 0.415. The Labute approximate surface area is 184 Å². The zero-order valence-corrected chi connectivity index (χ0v) is 17.9. The van der Waals surface area contributed by atoms with Crippen LogP contribution in [0.4, 0.5) is 5.13 Å². The number of nitrogens with zero attached hydrogens (tertiary/aromatic N) is 2. The van der Waals surface area contributed by atoms with E-state index in [2.05, 4.69) is 66.7 Å². The topological polar surface area (TPSA) is 34.5 Å². The van der Waals surface area contributed by atoms with E-state index in [1.165, 1.54) is 37.5 Å². The molecule has 0 aliphatic heterocycles. The third kappa shape index (κ3) is 3.11. The molecule has 150 valence electrons. The van der Waals surface area contributed by atoms with Crippen LogP contribution in [-0.2, 0) is 12.8 Å². The van der Waals surface area contributed by atoms with Crippen LogP contribution in [0.25, 0.3) is 32.8 Å². The quantitative estimate of drug-likeness (QED) is 0.233. The highest BCUT2D eigenvalue weighted by molar-refractivity contribution is 7.15. The van der Waals surface area contributed by atoms with Gasteiger partial charge in [0.15, 0.2) is 0 Å². The molecule has 0 spiro atoms. The second kappa shape index (κ2) is 7.33. The zero-order valence-electron chi connectivity index (χ0n) is 17.1. The van der Waals surface area contributed by atoms with Crippen molar-refractivity contribution in [1.82, 2.24) is 4.98 Å². The Balaban J connectivity index is 1.47. The molecule has 0 saturated carbocycles. The third-order valence-corrected chi connectivity index (χ3v) is 7.02. The predicted molar refractivity (Wildman–Crippen MR) is 130 cm³/mol. The van der Waals surface area contributed by atoms with Crippen LogP contribution in [0, 0.1) is 0 Å². The summed E-state index contributed by atoms with van der Waals surface area (Å²) < 4.78 is 5.44. The lowest BCUT2D eigenvalue weighted by Gasteiger charge is -2.15. The number of hydrogen-bond donors (Lipinski definition) is 0. The summed E-state index contributed by atoms with van der Waals surface area (Å²) in [5.41, 5.74) is 4.70. The minimum atomic E-state index is 0.803. The van der Waals surface area contributed by atoms with Crippen LogP contribution in [0.15, 0.2) is 77.8 Å². The molecule has 4 aromatic carbocycles. The molecule has 1 aliphatic carbocycles. The molecule has 0 radical (unpaired) electrons. The molecular formula is C27H20N2OS. The van der Waals surface area contributed by atoms with E-state index >= 15 is 0 Å². The van der Waals surface area contributed by atoms with Crippen LogP contribution in [0.5, 0.6) is 5.75 Å². The molecule has 6 rings (SSSR count). The lowest BCUT2D eigenvalue weighted by Crippen LogP contribution is -2.02. The first-order chi connectivity index (χ1) is 15.3. The van der Waals surface area contributed by atoms with Crippen LogP contribution >= 0.6 is 11.3 Å². The fraction of sp³-hybridized carbons (Fsp3) is 0.111. The Kier molecular flexibility index (Phi) is 4.32. The monoisotopic (exact) mass is 420 g/mol. The second-order valence-electron chi connectivity index (χ2n) is 7.78. The molecule has 4 heteroatoms. The molecule has 5 aromatic rings. The maximum absolute atomic E-state index is 5.44. The predicted octanol–water partition coefficient (Wildman–Crippen LogP) is 6.97. The highest BCUT2D eigenvalue weighted by Crippen LogP contribution is 2.40. The summed E-state index contributed by atoms with van der Waals surface area (Å²) in [7, 11) is 1.71. The van der Waals surface area contributed by atoms with Gasteiger partial charge in [0.1, 0.15) is 5.75 Å². The minimum absolute atomic E-state index is 0.803. The molecule has 1 heterocycles. The normalized spacial score (nSPS) is 12.9. The molecule has 31 heavy (non-hydrogen) atoms. The molecule has 1 aliphatic rings. The number of thiazole rings is 1. The van der Waals surface area contributed by atoms with E-state index in [9.17, 15) is 0 Å². The van der Waals surface area contributed by atoms with E-state index in [1.54, 1.807) is 18.4 Å². The number of fused-ring (bicyclic) bond motifs is 5. The summed E-state index contributed by atoms with van der Waals surface area (Å²) >= 11 is 1.69. The van der Waals surface area contributed by atoms with Crippen molar-refractivity contribution in [2.45, 2.75) is 12.8 Å². The van der Waals surface area contributed by atoms with Crippen molar-refractivity contribution >= 4 is 44.2 Å². The molecule has 0 unspecified atom stereocenters. The Bertz CT molecular complexity index is 1430. The molecule has 0 bridgehead atoms. The van der Waals surface area contributed by atoms with Crippen LogP contribution in [0.3, 0.4) is 0 Å². The number of methoxy groups -OCH3 is 1. The van der Waals surface area contributed by atoms with Gasteiger partial charge in [-0.25, -0.2) is 9.98 Å². The highest BCUT2D eigenvalue weighted by Gasteiger charge is 2.21. The average molecular weight is 421 g/mol. The van der Waals surface area contributed by atoms with Crippen molar-refractivity contribution in [3.05, 3.63) is 88.8 Å². The number of aliphatic imine (C=N–C) groups is 1. The maximum atomic E-state index is 5.44. The first-order valence-electron chi connectivity index (χ1n) is 10.4. The van der Waals surface area contributed by atoms with Gasteiger partial charge >= 0.3 is 0 Å². The standard InChI is InChI=1S/C27H20N2OS/c1-30-20-12-10-17-11-13-25-26(23(17)15-20)29-27(31-25)28-16-24-21-8-4-2-6-18(21)14-19-7-3-5-9-22(19)24/h2-10,12,14-16H,11,13H2,1H3. The molecule has 3 nitrogen and oxygen atoms in total. The first kappa shape index (κ1) is 18.3. The largest absolute Gasteiger partial charge is 0.497 e. The molecule has 0 N–H and O–H groups in total. The van der Waals surface area contributed by atoms with Crippen molar-refractivity contribution in [2.75, 3.05) is 7.11 Å². The van der Waals surface area contributed by atoms with Gasteiger partial charge < -0.3 is 4.74 Å². The van der Waals surface area contributed by atoms with Gasteiger partial charge in [0.2, 0.25) is 5.13 Å². The summed E-state index contributed by atoms with van der Waals surface area (Å²) in [6.45, 7) is 0. The summed E-state index contributed by atoms with van der Waals surface area (Å²) in [5.74, 6) is 0.867. The Morgan fingerprint density at radius 2 is 1.65 bits per heavy atom. The van der Waals surface area contributed by atoms with E-state index in [4.69, 9.17) is 14.7 Å². The van der Waals surface area contributed by atoms with Gasteiger partial charge in [0.05, 0.1) is 12.8 Å². The SMILES string of the molecule is COc1ccc2c(c1)-c1nc(N=Cc3c4ccccc4cc4ccccc34)sc1CC2. The first-order valence-corrected chi connectivity index (χ1v) is 11.2. The smallest absolute Gasteiger partial charge is 0.209 e. The van der Waals surface area contributed by atoms with Crippen molar-refractivity contribution < 1.29 is 4.74 Å². The fourth-order valence-corrected chi connectivity index (χ4v) is 5.37. The maximum Gasteiger partial charge on any atom is 0.209 e. The molecule has 0 fully saturated rings. The Hall–Kier alpha value is -3.50. The minimum Gasteiger partial charge on any atom is -0.497 e. The van der Waals surface area contributed by atoms with Crippen molar-refractivity contribution in [1.29, 1.82) is 0 Å². The molecular weight excluding hydrogens is 400 g/mol. The van der Waals surface area contributed by atoms with E-state index in [0.717, 1.165) is 35.0 Å². The van der Waals surface area contributed by atoms with Crippen molar-refractivity contribution in [2.24, 2.45) is 4.99 Å². The summed E-state index contributed by atoms with van der Waals surface area (Å²) in [5, 5.41) is 5.67. The van der Waals surface area contributed by atoms with Gasteiger partial charge in [-0.05, 0) is 58.1 Å². The Morgan fingerprint density at radius 1 is 0.903 bits per heavy atom. The molecule has 1 aromatic heterocycles. The highest BCUT2D eigenvalue weighted by atomic mass is 32.1. The number of rotatable bonds is 3. The van der Waals surface area contributed by atoms with Crippen LogP contribution in [-0.4, -0.2) is 18.3 Å². The summed E-state index contributed by atoms with van der Waals surface area (Å²) in [6.07, 6.45) is 4.03. The van der Waals surface area contributed by atoms with Crippen molar-refractivity contribution in [3.8, 4) is 17.0 Å². The molecule has 0 atom stereocenters. The fourth-order valence-electron chi connectivity index (χ4n) is 4.45. The summed E-state index contributed by atoms with van der Waals surface area (Å²) in [6, 6.07) is 25.5. The summed E-state index contributed by atoms with van der Waals surface area (Å²) in [4.78, 5) is 11.1. The molecule has 0 saturated heterocycles. The third-order valence-electron chi connectivity index (χ3n) is 6.00. The van der Waals surface area contributed by atoms with Gasteiger partial charge in [0, 0.05) is 22.2 Å². The van der Waals surface area contributed by atoms with Crippen molar-refractivity contribution in [3.63, 3.8) is 0 Å². The molecule has 0 amide bonds. The van der Waals surface area contributed by atoms with Crippen LogP contribution in [0.1, 0.15) is 16.0 Å². The average Bonchev–Trinajstić information content (AvgIpc) is 3.25. The van der Waals surface area contributed by atoms with Gasteiger partial charge in [-0.15, -0.1) is 0 Å². The number of aryl methyl sites for hydroxylation is 2. The zero-order chi connectivity index (χ0) is 20.8.